The van der Waals surface area contributed by atoms with Crippen LogP contribution in [0.4, 0.5) is 15.2 Å². The van der Waals surface area contributed by atoms with E-state index in [1.54, 1.807) is 27.1 Å². The summed E-state index contributed by atoms with van der Waals surface area (Å²) in [5.41, 5.74) is 7.63. The molecule has 3 rings (SSSR count). The Bertz CT molecular complexity index is 1220. The highest BCUT2D eigenvalue weighted by Crippen LogP contribution is 2.32. The maximum absolute atomic E-state index is 13.2. The van der Waals surface area contributed by atoms with E-state index < -0.39 is 16.9 Å². The van der Waals surface area contributed by atoms with E-state index >= 15 is 0 Å². The first-order valence-electron chi connectivity index (χ1n) is 10.2. The molecule has 2 aromatic heterocycles. The van der Waals surface area contributed by atoms with E-state index in [0.717, 1.165) is 11.3 Å². The van der Waals surface area contributed by atoms with Crippen LogP contribution in [-0.2, 0) is 15.9 Å². The van der Waals surface area contributed by atoms with Crippen LogP contribution in [0.15, 0.2) is 35.5 Å². The molecule has 3 aromatic rings. The Labute approximate surface area is 214 Å². The summed E-state index contributed by atoms with van der Waals surface area (Å²) in [6.07, 6.45) is 1.31. The zero-order valence-corrected chi connectivity index (χ0v) is 22.4. The number of nitrogens with two attached hydrogens (primary N) is 1. The lowest BCUT2D eigenvalue weighted by Crippen LogP contribution is -2.21. The highest BCUT2D eigenvalue weighted by atomic mass is 35.5. The summed E-state index contributed by atoms with van der Waals surface area (Å²) in [7, 11) is 3.28. The van der Waals surface area contributed by atoms with Crippen LogP contribution in [0.2, 0.25) is 5.02 Å². The van der Waals surface area contributed by atoms with Gasteiger partial charge in [-0.05, 0) is 47.8 Å². The van der Waals surface area contributed by atoms with Gasteiger partial charge in [0.1, 0.15) is 15.7 Å². The minimum absolute atomic E-state index is 0.000831. The average Bonchev–Trinajstić information content (AvgIpc) is 3.17. The van der Waals surface area contributed by atoms with Gasteiger partial charge in [0.05, 0.1) is 22.6 Å². The fourth-order valence-corrected chi connectivity index (χ4v) is 4.05. The highest BCUT2D eigenvalue weighted by Gasteiger charge is 2.20. The summed E-state index contributed by atoms with van der Waals surface area (Å²) < 4.78 is 34.4. The molecular weight excluding hydrogens is 517 g/mol. The zero-order chi connectivity index (χ0) is 26.9. The molecule has 2 heterocycles. The van der Waals surface area contributed by atoms with Crippen LogP contribution < -0.4 is 11.1 Å². The Hall–Kier alpha value is -2.93. The minimum atomic E-state index is -2.34. The fourth-order valence-electron chi connectivity index (χ4n) is 2.53. The Morgan fingerprint density at radius 3 is 2.37 bits per heavy atom. The topological polar surface area (TPSA) is 141 Å². The van der Waals surface area contributed by atoms with E-state index in [1.165, 1.54) is 36.2 Å². The van der Waals surface area contributed by atoms with Gasteiger partial charge in [0.2, 0.25) is 5.91 Å². The van der Waals surface area contributed by atoms with Gasteiger partial charge in [-0.15, -0.1) is 0 Å². The largest absolute Gasteiger partial charge is 0.767 e. The van der Waals surface area contributed by atoms with Gasteiger partial charge in [-0.3, -0.25) is 13.8 Å². The molecule has 0 radical (unpaired) electrons. The Morgan fingerprint density at radius 1 is 1.26 bits per heavy atom. The molecule has 0 saturated heterocycles. The van der Waals surface area contributed by atoms with E-state index in [4.69, 9.17) is 17.3 Å². The van der Waals surface area contributed by atoms with Crippen molar-refractivity contribution in [3.05, 3.63) is 51.7 Å². The number of nitrogens with zero attached hydrogens (tertiary/aromatic N) is 3. The molecule has 1 unspecified atom stereocenters. The van der Waals surface area contributed by atoms with Crippen LogP contribution in [0.3, 0.4) is 0 Å². The third-order valence-electron chi connectivity index (χ3n) is 3.95. The van der Waals surface area contributed by atoms with Crippen molar-refractivity contribution in [2.45, 2.75) is 32.7 Å². The van der Waals surface area contributed by atoms with Crippen molar-refractivity contribution < 1.29 is 22.7 Å². The molecule has 3 N–H and O–H groups in total. The van der Waals surface area contributed by atoms with Crippen molar-refractivity contribution in [2.75, 3.05) is 25.1 Å². The van der Waals surface area contributed by atoms with E-state index in [-0.39, 0.29) is 27.0 Å². The van der Waals surface area contributed by atoms with Crippen LogP contribution in [0.25, 0.3) is 11.3 Å². The number of carbonyl (C=O) groups is 2. The van der Waals surface area contributed by atoms with Crippen LogP contribution in [0.5, 0.6) is 0 Å². The van der Waals surface area contributed by atoms with Gasteiger partial charge < -0.3 is 20.5 Å². The van der Waals surface area contributed by atoms with Crippen molar-refractivity contribution in [3.8, 4) is 11.3 Å². The van der Waals surface area contributed by atoms with Gasteiger partial charge in [-0.2, -0.15) is 0 Å². The third-order valence-corrected chi connectivity index (χ3v) is 5.85. The number of thiazole rings is 1. The standard InChI is InChI=1S/C12H11ClFN3OS.C8H10N2O3S.C2H6/c1-17(2)11(18)10-9(16-12(15)19-10)6-3-4-8(14)7(13)5-6;1-5-3-7(10-6(2)11)4-9-8(5)14(12)13;1-2/h3-5H,1-2H3,(H2,15,16);3-4H,1-2H3,(H,10,11)(H,12,13);1-2H3/p-1. The Morgan fingerprint density at radius 2 is 1.89 bits per heavy atom. The molecule has 35 heavy (non-hydrogen) atoms. The maximum atomic E-state index is 13.2. The summed E-state index contributed by atoms with van der Waals surface area (Å²) >= 11 is 4.50. The molecule has 13 heteroatoms. The Kier molecular flexibility index (Phi) is 11.9. The normalized spacial score (nSPS) is 10.8. The number of aryl methyl sites for hydroxylation is 1. The van der Waals surface area contributed by atoms with Crippen LogP contribution in [-0.4, -0.2) is 49.5 Å². The molecule has 0 fully saturated rings. The minimum Gasteiger partial charge on any atom is -0.767 e. The highest BCUT2D eigenvalue weighted by molar-refractivity contribution is 7.79. The van der Waals surface area contributed by atoms with Crippen molar-refractivity contribution in [3.63, 3.8) is 0 Å². The smallest absolute Gasteiger partial charge is 0.265 e. The number of aromatic nitrogens is 2. The summed E-state index contributed by atoms with van der Waals surface area (Å²) in [4.78, 5) is 32.4. The summed E-state index contributed by atoms with van der Waals surface area (Å²) in [5.74, 6) is -0.944. The second kappa shape index (κ2) is 13.8. The molecule has 1 atom stereocenters. The number of anilines is 2. The van der Waals surface area contributed by atoms with E-state index in [0.29, 0.717) is 27.4 Å². The number of benzene rings is 1. The first-order chi connectivity index (χ1) is 16.4. The first-order valence-corrected chi connectivity index (χ1v) is 12.4. The average molecular weight is 543 g/mol. The lowest BCUT2D eigenvalue weighted by molar-refractivity contribution is -0.114. The van der Waals surface area contributed by atoms with E-state index in [2.05, 4.69) is 15.3 Å². The SMILES string of the molecule is CC.CC(=O)Nc1cnc(S(=O)[O-])c(C)c1.CN(C)C(=O)c1sc(N)nc1-c1ccc(F)c(Cl)c1. The molecule has 9 nitrogen and oxygen atoms in total. The molecule has 190 valence electrons. The molecule has 2 amide bonds. The first kappa shape index (κ1) is 30.1. The van der Waals surface area contributed by atoms with Crippen molar-refractivity contribution >= 4 is 56.7 Å². The lowest BCUT2D eigenvalue weighted by atomic mass is 10.1. The van der Waals surface area contributed by atoms with Crippen molar-refractivity contribution in [1.29, 1.82) is 0 Å². The number of halogens is 2. The van der Waals surface area contributed by atoms with Crippen molar-refractivity contribution in [2.24, 2.45) is 0 Å². The summed E-state index contributed by atoms with van der Waals surface area (Å²) in [6.45, 7) is 6.98. The number of amides is 2. The fraction of sp³-hybridized carbons (Fsp3) is 0.273. The van der Waals surface area contributed by atoms with Gasteiger partial charge in [0.25, 0.3) is 5.91 Å². The van der Waals surface area contributed by atoms with Crippen LogP contribution in [0, 0.1) is 12.7 Å². The van der Waals surface area contributed by atoms with Crippen LogP contribution >= 0.6 is 22.9 Å². The van der Waals surface area contributed by atoms with Crippen molar-refractivity contribution in [1.82, 2.24) is 14.9 Å². The lowest BCUT2D eigenvalue weighted by Gasteiger charge is -2.09. The van der Waals surface area contributed by atoms with Gasteiger partial charge in [-0.1, -0.05) is 36.8 Å². The second-order valence-electron chi connectivity index (χ2n) is 6.82. The predicted octanol–water partition coefficient (Wildman–Crippen LogP) is 4.50. The Balaban J connectivity index is 0.000000341. The van der Waals surface area contributed by atoms with Gasteiger partial charge in [0, 0.05) is 26.6 Å². The molecule has 0 spiro atoms. The monoisotopic (exact) mass is 542 g/mol. The number of hydrogen-bond donors (Lipinski definition) is 2. The number of pyridine rings is 1. The van der Waals surface area contributed by atoms with Gasteiger partial charge >= 0.3 is 0 Å². The molecule has 0 aliphatic heterocycles. The number of nitrogen functional groups attached to an aromatic ring is 1. The van der Waals surface area contributed by atoms with E-state index in [1.807, 2.05) is 13.8 Å². The summed E-state index contributed by atoms with van der Waals surface area (Å²) in [5, 5.41) is 2.77. The van der Waals surface area contributed by atoms with Gasteiger partial charge in [-0.25, -0.2) is 14.4 Å². The number of nitrogens with one attached hydrogen (secondary N) is 1. The molecule has 1 aromatic carbocycles. The van der Waals surface area contributed by atoms with Gasteiger partial charge in [0.15, 0.2) is 5.13 Å². The number of rotatable bonds is 4. The quantitative estimate of drug-likeness (QED) is 0.462. The molecular formula is C22H26ClFN5O4S2-. The zero-order valence-electron chi connectivity index (χ0n) is 20.0. The molecule has 0 bridgehead atoms. The third kappa shape index (κ3) is 8.66. The predicted molar refractivity (Wildman–Crippen MR) is 137 cm³/mol. The molecule has 0 aliphatic rings. The number of carbonyl (C=O) groups excluding carboxylic acids is 2. The van der Waals surface area contributed by atoms with E-state index in [9.17, 15) is 22.7 Å². The molecule has 0 aliphatic carbocycles. The molecule has 0 saturated carbocycles. The maximum Gasteiger partial charge on any atom is 0.265 e. The second-order valence-corrected chi connectivity index (χ2v) is 9.11. The summed E-state index contributed by atoms with van der Waals surface area (Å²) in [6, 6.07) is 5.73. The number of hydrogen-bond acceptors (Lipinski definition) is 8. The van der Waals surface area contributed by atoms with Crippen LogP contribution in [0.1, 0.15) is 36.0 Å².